The number of nitrogens with one attached hydrogen (secondary N) is 2. The van der Waals surface area contributed by atoms with E-state index in [4.69, 9.17) is 4.74 Å². The molecule has 2 saturated heterocycles. The Labute approximate surface area is 135 Å². The average Bonchev–Trinajstić information content (AvgIpc) is 3.04. The number of ether oxygens (including phenoxy) is 1. The van der Waals surface area contributed by atoms with Gasteiger partial charge in [0.25, 0.3) is 5.91 Å². The van der Waals surface area contributed by atoms with E-state index in [0.717, 1.165) is 13.0 Å². The molecule has 23 heavy (non-hydrogen) atoms. The molecule has 0 radical (unpaired) electrons. The number of aromatic nitrogens is 1. The lowest BCUT2D eigenvalue weighted by molar-refractivity contribution is -0.130. The number of hydrogen-bond acceptors (Lipinski definition) is 3. The summed E-state index contributed by atoms with van der Waals surface area (Å²) >= 11 is 0. The van der Waals surface area contributed by atoms with Crippen LogP contribution in [0.3, 0.4) is 0 Å². The molecule has 6 nitrogen and oxygen atoms in total. The molecule has 0 spiro atoms. The third kappa shape index (κ3) is 3.00. The summed E-state index contributed by atoms with van der Waals surface area (Å²) in [4.78, 5) is 29.9. The van der Waals surface area contributed by atoms with Gasteiger partial charge in [0.2, 0.25) is 5.91 Å². The second-order valence-electron chi connectivity index (χ2n) is 6.97. The minimum Gasteiger partial charge on any atom is -0.376 e. The fraction of sp³-hybridized carbons (Fsp3) is 0.647. The van der Waals surface area contributed by atoms with Crippen LogP contribution in [0.2, 0.25) is 0 Å². The number of H-pyrrole nitrogens is 1. The van der Waals surface area contributed by atoms with E-state index < -0.39 is 0 Å². The summed E-state index contributed by atoms with van der Waals surface area (Å²) in [5.74, 6) is 0.808. The number of fused-ring (bicyclic) bond motifs is 1. The van der Waals surface area contributed by atoms with Crippen molar-refractivity contribution < 1.29 is 14.3 Å². The monoisotopic (exact) mass is 317 g/mol. The topological polar surface area (TPSA) is 74.4 Å². The summed E-state index contributed by atoms with van der Waals surface area (Å²) in [6, 6.07) is 1.77. The van der Waals surface area contributed by atoms with Crippen LogP contribution in [0.1, 0.15) is 29.6 Å². The molecule has 1 saturated carbocycles. The Hall–Kier alpha value is -1.82. The first-order valence-corrected chi connectivity index (χ1v) is 8.54. The minimum atomic E-state index is -0.155. The van der Waals surface area contributed by atoms with Crippen LogP contribution < -0.4 is 5.32 Å². The molecule has 2 amide bonds. The van der Waals surface area contributed by atoms with Gasteiger partial charge in [0, 0.05) is 44.6 Å². The van der Waals surface area contributed by atoms with Crippen molar-refractivity contribution in [2.24, 2.45) is 17.8 Å². The van der Waals surface area contributed by atoms with Crippen molar-refractivity contribution in [2.75, 3.05) is 26.2 Å². The molecule has 0 bridgehead atoms. The van der Waals surface area contributed by atoms with E-state index in [1.807, 2.05) is 0 Å². The van der Waals surface area contributed by atoms with Crippen molar-refractivity contribution in [3.63, 3.8) is 0 Å². The van der Waals surface area contributed by atoms with Gasteiger partial charge in [-0.3, -0.25) is 9.59 Å². The molecule has 3 aliphatic rings. The Kier molecular flexibility index (Phi) is 3.85. The zero-order valence-corrected chi connectivity index (χ0v) is 13.2. The van der Waals surface area contributed by atoms with Gasteiger partial charge in [-0.15, -0.1) is 0 Å². The number of aromatic amines is 1. The van der Waals surface area contributed by atoms with Gasteiger partial charge in [-0.2, -0.15) is 0 Å². The van der Waals surface area contributed by atoms with E-state index in [2.05, 4.69) is 10.3 Å². The molecule has 1 aromatic rings. The molecule has 3 heterocycles. The van der Waals surface area contributed by atoms with Crippen molar-refractivity contribution in [2.45, 2.75) is 25.4 Å². The molecular weight excluding hydrogens is 294 g/mol. The second-order valence-corrected chi connectivity index (χ2v) is 6.97. The second kappa shape index (κ2) is 6.00. The molecular formula is C17H23N3O3. The summed E-state index contributed by atoms with van der Waals surface area (Å²) in [5, 5.41) is 3.08. The highest BCUT2D eigenvalue weighted by Gasteiger charge is 2.45. The Balaban J connectivity index is 1.47. The van der Waals surface area contributed by atoms with Gasteiger partial charge in [-0.1, -0.05) is 0 Å². The van der Waals surface area contributed by atoms with Gasteiger partial charge in [0.15, 0.2) is 0 Å². The lowest BCUT2D eigenvalue weighted by Gasteiger charge is -2.39. The van der Waals surface area contributed by atoms with Crippen LogP contribution in [-0.4, -0.2) is 54.0 Å². The number of piperidine rings is 1. The summed E-state index contributed by atoms with van der Waals surface area (Å²) in [6.07, 6.45) is 6.79. The van der Waals surface area contributed by atoms with Gasteiger partial charge in [-0.05, 0) is 31.2 Å². The van der Waals surface area contributed by atoms with Crippen molar-refractivity contribution >= 4 is 11.8 Å². The molecule has 2 N–H and O–H groups in total. The SMILES string of the molecule is O=C(NCC1CC1)[C@@H]1CN(C(=O)c2cc[nH]c2)C[C@H]2OCC[C@H]21. The van der Waals surface area contributed by atoms with Gasteiger partial charge < -0.3 is 19.9 Å². The maximum atomic E-state index is 12.6. The fourth-order valence-corrected chi connectivity index (χ4v) is 3.76. The van der Waals surface area contributed by atoms with Crippen LogP contribution in [0.15, 0.2) is 18.5 Å². The highest BCUT2D eigenvalue weighted by Crippen LogP contribution is 2.35. The summed E-state index contributed by atoms with van der Waals surface area (Å²) in [7, 11) is 0. The summed E-state index contributed by atoms with van der Waals surface area (Å²) in [5.41, 5.74) is 0.638. The predicted molar refractivity (Wildman–Crippen MR) is 83.8 cm³/mol. The van der Waals surface area contributed by atoms with E-state index in [0.29, 0.717) is 31.2 Å². The van der Waals surface area contributed by atoms with Crippen LogP contribution in [0, 0.1) is 17.8 Å². The molecule has 1 aliphatic carbocycles. The molecule has 0 unspecified atom stereocenters. The standard InChI is InChI=1S/C17H23N3O3/c21-16(19-7-11-1-2-11)14-9-20(10-15-13(14)4-6-23-15)17(22)12-3-5-18-8-12/h3,5,8,11,13-15,18H,1-2,4,6-7,9-10H2,(H,19,21)/t13-,14+,15+/m0/s1. The zero-order chi connectivity index (χ0) is 15.8. The van der Waals surface area contributed by atoms with E-state index in [9.17, 15) is 9.59 Å². The zero-order valence-electron chi connectivity index (χ0n) is 13.2. The van der Waals surface area contributed by atoms with Crippen LogP contribution >= 0.6 is 0 Å². The van der Waals surface area contributed by atoms with Crippen molar-refractivity contribution in [1.29, 1.82) is 0 Å². The third-order valence-corrected chi connectivity index (χ3v) is 5.33. The van der Waals surface area contributed by atoms with Gasteiger partial charge in [0.1, 0.15) is 0 Å². The molecule has 0 aromatic carbocycles. The first-order valence-electron chi connectivity index (χ1n) is 8.54. The number of amides is 2. The third-order valence-electron chi connectivity index (χ3n) is 5.33. The van der Waals surface area contributed by atoms with Crippen LogP contribution in [0.4, 0.5) is 0 Å². The van der Waals surface area contributed by atoms with E-state index >= 15 is 0 Å². The average molecular weight is 317 g/mol. The van der Waals surface area contributed by atoms with Crippen molar-refractivity contribution in [3.8, 4) is 0 Å². The van der Waals surface area contributed by atoms with Gasteiger partial charge in [0.05, 0.1) is 17.6 Å². The Morgan fingerprint density at radius 3 is 2.91 bits per heavy atom. The van der Waals surface area contributed by atoms with Gasteiger partial charge >= 0.3 is 0 Å². The van der Waals surface area contributed by atoms with Crippen molar-refractivity contribution in [3.05, 3.63) is 24.0 Å². The molecule has 3 fully saturated rings. The lowest BCUT2D eigenvalue weighted by atomic mass is 9.82. The molecule has 2 aliphatic heterocycles. The predicted octanol–water partition coefficient (Wildman–Crippen LogP) is 1.02. The maximum absolute atomic E-state index is 12.6. The van der Waals surface area contributed by atoms with Crippen LogP contribution in [0.5, 0.6) is 0 Å². The quantitative estimate of drug-likeness (QED) is 0.870. The highest BCUT2D eigenvalue weighted by atomic mass is 16.5. The molecule has 6 heteroatoms. The van der Waals surface area contributed by atoms with E-state index in [1.54, 1.807) is 23.4 Å². The smallest absolute Gasteiger partial charge is 0.255 e. The fourth-order valence-electron chi connectivity index (χ4n) is 3.76. The summed E-state index contributed by atoms with van der Waals surface area (Å²) < 4.78 is 5.79. The first-order chi connectivity index (χ1) is 11.2. The number of carbonyl (C=O) groups is 2. The lowest BCUT2D eigenvalue weighted by Crippen LogP contribution is -2.54. The molecule has 3 atom stereocenters. The van der Waals surface area contributed by atoms with Gasteiger partial charge in [-0.25, -0.2) is 0 Å². The number of carbonyl (C=O) groups excluding carboxylic acids is 2. The number of rotatable bonds is 4. The number of nitrogens with zero attached hydrogens (tertiary/aromatic N) is 1. The van der Waals surface area contributed by atoms with E-state index in [1.165, 1.54) is 12.8 Å². The Bertz CT molecular complexity index is 582. The largest absolute Gasteiger partial charge is 0.376 e. The normalized spacial score (nSPS) is 30.1. The van der Waals surface area contributed by atoms with Crippen LogP contribution in [-0.2, 0) is 9.53 Å². The first kappa shape index (κ1) is 14.8. The van der Waals surface area contributed by atoms with Crippen LogP contribution in [0.25, 0.3) is 0 Å². The highest BCUT2D eigenvalue weighted by molar-refractivity contribution is 5.94. The van der Waals surface area contributed by atoms with Crippen molar-refractivity contribution in [1.82, 2.24) is 15.2 Å². The van der Waals surface area contributed by atoms with E-state index in [-0.39, 0.29) is 29.8 Å². The number of hydrogen-bond donors (Lipinski definition) is 2. The maximum Gasteiger partial charge on any atom is 0.255 e. The molecule has 4 rings (SSSR count). The minimum absolute atomic E-state index is 0.0108. The summed E-state index contributed by atoms with van der Waals surface area (Å²) in [6.45, 7) is 2.54. The molecule has 1 aromatic heterocycles. The Morgan fingerprint density at radius 1 is 1.30 bits per heavy atom. The molecule has 124 valence electrons. The Morgan fingerprint density at radius 2 is 2.17 bits per heavy atom. The number of likely N-dealkylation sites (tertiary alicyclic amines) is 1.